The van der Waals surface area contributed by atoms with Crippen LogP contribution in [-0.4, -0.2) is 42.2 Å². The minimum absolute atomic E-state index is 0. The van der Waals surface area contributed by atoms with Crippen LogP contribution in [0.3, 0.4) is 0 Å². The van der Waals surface area contributed by atoms with E-state index in [1.54, 1.807) is 20.0 Å². The van der Waals surface area contributed by atoms with E-state index in [2.05, 4.69) is 20.4 Å². The molecule has 0 radical (unpaired) electrons. The zero-order chi connectivity index (χ0) is 16.8. The molecule has 0 fully saturated rings. The van der Waals surface area contributed by atoms with Gasteiger partial charge in [-0.15, -0.1) is 24.0 Å². The Morgan fingerprint density at radius 2 is 2.21 bits per heavy atom. The van der Waals surface area contributed by atoms with Gasteiger partial charge in [0.25, 0.3) is 0 Å². The first-order valence-electron chi connectivity index (χ1n) is 7.07. The molecule has 0 unspecified atom stereocenters. The number of hydrogen-bond donors (Lipinski definition) is 1. The molecule has 1 aromatic heterocycles. The summed E-state index contributed by atoms with van der Waals surface area (Å²) in [7, 11) is 4.98. The number of hydrogen-bond acceptors (Lipinski definition) is 5. The number of guanidine groups is 1. The zero-order valence-corrected chi connectivity index (χ0v) is 16.4. The molecule has 1 heterocycles. The van der Waals surface area contributed by atoms with Gasteiger partial charge < -0.3 is 19.5 Å². The van der Waals surface area contributed by atoms with Crippen molar-refractivity contribution in [3.05, 3.63) is 41.3 Å². The summed E-state index contributed by atoms with van der Waals surface area (Å²) in [5.41, 5.74) is 0.809. The number of rotatable bonds is 5. The van der Waals surface area contributed by atoms with Crippen LogP contribution in [0.15, 0.2) is 27.7 Å². The Labute approximate surface area is 157 Å². The van der Waals surface area contributed by atoms with Gasteiger partial charge in [0.15, 0.2) is 23.4 Å². The lowest BCUT2D eigenvalue weighted by atomic mass is 10.2. The van der Waals surface area contributed by atoms with Crippen LogP contribution < -0.4 is 10.1 Å². The van der Waals surface area contributed by atoms with Crippen LogP contribution in [0.5, 0.6) is 5.75 Å². The van der Waals surface area contributed by atoms with Crippen LogP contribution in [0.25, 0.3) is 0 Å². The lowest BCUT2D eigenvalue weighted by Crippen LogP contribution is -2.38. The van der Waals surface area contributed by atoms with Gasteiger partial charge in [-0.25, -0.2) is 4.39 Å². The van der Waals surface area contributed by atoms with E-state index in [9.17, 15) is 4.39 Å². The van der Waals surface area contributed by atoms with Gasteiger partial charge in [0, 0.05) is 27.6 Å². The highest BCUT2D eigenvalue weighted by molar-refractivity contribution is 14.0. The quantitative estimate of drug-likeness (QED) is 0.429. The van der Waals surface area contributed by atoms with E-state index in [4.69, 9.17) is 9.26 Å². The van der Waals surface area contributed by atoms with Gasteiger partial charge in [-0.05, 0) is 17.7 Å². The number of methoxy groups -OCH3 is 1. The first-order chi connectivity index (χ1) is 11.0. The first-order valence-corrected chi connectivity index (χ1v) is 7.07. The summed E-state index contributed by atoms with van der Waals surface area (Å²) in [6, 6.07) is 4.87. The predicted octanol–water partition coefficient (Wildman–Crippen LogP) is 2.35. The zero-order valence-electron chi connectivity index (χ0n) is 14.0. The molecule has 0 bridgehead atoms. The summed E-state index contributed by atoms with van der Waals surface area (Å²) < 4.78 is 23.6. The summed E-state index contributed by atoms with van der Waals surface area (Å²) in [6.45, 7) is 2.62. The summed E-state index contributed by atoms with van der Waals surface area (Å²) in [5.74, 6) is 1.55. The van der Waals surface area contributed by atoms with E-state index in [0.717, 1.165) is 5.56 Å². The third-order valence-electron chi connectivity index (χ3n) is 3.18. The minimum Gasteiger partial charge on any atom is -0.494 e. The van der Waals surface area contributed by atoms with Crippen molar-refractivity contribution in [1.82, 2.24) is 20.4 Å². The van der Waals surface area contributed by atoms with Gasteiger partial charge in [-0.2, -0.15) is 4.98 Å². The van der Waals surface area contributed by atoms with Gasteiger partial charge in [-0.3, -0.25) is 4.99 Å². The van der Waals surface area contributed by atoms with Crippen LogP contribution in [0.4, 0.5) is 4.39 Å². The monoisotopic (exact) mass is 449 g/mol. The Morgan fingerprint density at radius 1 is 1.46 bits per heavy atom. The average Bonchev–Trinajstić information content (AvgIpc) is 2.93. The molecule has 9 heteroatoms. The van der Waals surface area contributed by atoms with Gasteiger partial charge in [0.2, 0.25) is 5.89 Å². The second-order valence-electron chi connectivity index (χ2n) is 4.96. The van der Waals surface area contributed by atoms with E-state index in [0.29, 0.717) is 30.8 Å². The molecule has 7 nitrogen and oxygen atoms in total. The lowest BCUT2D eigenvalue weighted by molar-refractivity contribution is 0.384. The van der Waals surface area contributed by atoms with Crippen molar-refractivity contribution in [3.63, 3.8) is 0 Å². The van der Waals surface area contributed by atoms with Gasteiger partial charge in [0.1, 0.15) is 0 Å². The van der Waals surface area contributed by atoms with Gasteiger partial charge in [0.05, 0.1) is 13.7 Å². The largest absolute Gasteiger partial charge is 0.494 e. The normalized spacial score (nSPS) is 11.0. The van der Waals surface area contributed by atoms with Gasteiger partial charge in [-0.1, -0.05) is 11.2 Å². The maximum atomic E-state index is 13.7. The van der Waals surface area contributed by atoms with E-state index < -0.39 is 0 Å². The van der Waals surface area contributed by atoms with E-state index in [1.807, 2.05) is 18.0 Å². The molecular weight excluding hydrogens is 428 g/mol. The second-order valence-corrected chi connectivity index (χ2v) is 4.96. The number of aromatic nitrogens is 2. The molecule has 24 heavy (non-hydrogen) atoms. The standard InChI is InChI=1S/C15H20FN5O2.HI/c1-10-19-14(20-23-10)8-18-15(17-2)21(3)9-11-5-6-13(22-4)12(16)7-11;/h5-7H,8-9H2,1-4H3,(H,17,18);1H. The van der Waals surface area contributed by atoms with Crippen LogP contribution in [0, 0.1) is 12.7 Å². The molecule has 0 saturated heterocycles. The highest BCUT2D eigenvalue weighted by Crippen LogP contribution is 2.18. The predicted molar refractivity (Wildman–Crippen MR) is 99.1 cm³/mol. The number of nitrogens with zero attached hydrogens (tertiary/aromatic N) is 4. The molecule has 0 aliphatic carbocycles. The SMILES string of the molecule is CN=C(NCc1noc(C)n1)N(C)Cc1ccc(OC)c(F)c1.I. The van der Waals surface area contributed by atoms with Crippen LogP contribution in [0.2, 0.25) is 0 Å². The highest BCUT2D eigenvalue weighted by Gasteiger charge is 2.10. The van der Waals surface area contributed by atoms with E-state index >= 15 is 0 Å². The number of ether oxygens (including phenoxy) is 1. The molecular formula is C15H21FIN5O2. The number of aryl methyl sites for hydroxylation is 1. The van der Waals surface area contributed by atoms with Gasteiger partial charge >= 0.3 is 0 Å². The molecule has 132 valence electrons. The lowest BCUT2D eigenvalue weighted by Gasteiger charge is -2.21. The summed E-state index contributed by atoms with van der Waals surface area (Å²) in [5, 5.41) is 6.94. The Bertz CT molecular complexity index is 692. The van der Waals surface area contributed by atoms with Crippen molar-refractivity contribution in [2.24, 2.45) is 4.99 Å². The fraction of sp³-hybridized carbons (Fsp3) is 0.400. The average molecular weight is 449 g/mol. The molecule has 0 saturated carbocycles. The van der Waals surface area contributed by atoms with E-state index in [-0.39, 0.29) is 35.5 Å². The Kier molecular flexibility index (Phi) is 7.89. The molecule has 0 amide bonds. The first kappa shape index (κ1) is 20.1. The molecule has 0 atom stereocenters. The Balaban J connectivity index is 0.00000288. The van der Waals surface area contributed by atoms with Crippen molar-refractivity contribution in [2.75, 3.05) is 21.2 Å². The Morgan fingerprint density at radius 3 is 2.75 bits per heavy atom. The maximum absolute atomic E-state index is 13.7. The molecule has 2 aromatic rings. The molecule has 1 N–H and O–H groups in total. The topological polar surface area (TPSA) is 75.8 Å². The molecule has 2 rings (SSSR count). The third kappa shape index (κ3) is 5.32. The van der Waals surface area contributed by atoms with Crippen LogP contribution in [-0.2, 0) is 13.1 Å². The minimum atomic E-state index is -0.386. The fourth-order valence-corrected chi connectivity index (χ4v) is 2.11. The van der Waals surface area contributed by atoms with E-state index in [1.165, 1.54) is 13.2 Å². The second kappa shape index (κ2) is 9.40. The van der Waals surface area contributed by atoms with Crippen molar-refractivity contribution in [1.29, 1.82) is 0 Å². The number of aliphatic imine (C=N–C) groups is 1. The van der Waals surface area contributed by atoms with Crippen molar-refractivity contribution < 1.29 is 13.7 Å². The number of nitrogens with one attached hydrogen (secondary N) is 1. The highest BCUT2D eigenvalue weighted by atomic mass is 127. The number of benzene rings is 1. The van der Waals surface area contributed by atoms with Crippen LogP contribution >= 0.6 is 24.0 Å². The Hall–Kier alpha value is -1.91. The number of halogens is 2. The maximum Gasteiger partial charge on any atom is 0.223 e. The van der Waals surface area contributed by atoms with Crippen LogP contribution in [0.1, 0.15) is 17.3 Å². The van der Waals surface area contributed by atoms with Crippen molar-refractivity contribution in [3.8, 4) is 5.75 Å². The molecule has 1 aromatic carbocycles. The van der Waals surface area contributed by atoms with Crippen molar-refractivity contribution >= 4 is 29.9 Å². The smallest absolute Gasteiger partial charge is 0.223 e. The summed E-state index contributed by atoms with van der Waals surface area (Å²) in [4.78, 5) is 10.2. The molecule has 0 aliphatic heterocycles. The molecule has 0 aliphatic rings. The van der Waals surface area contributed by atoms with Crippen molar-refractivity contribution in [2.45, 2.75) is 20.0 Å². The summed E-state index contributed by atoms with van der Waals surface area (Å²) >= 11 is 0. The third-order valence-corrected chi connectivity index (χ3v) is 3.18. The summed E-state index contributed by atoms with van der Waals surface area (Å²) in [6.07, 6.45) is 0. The molecule has 0 spiro atoms. The fourth-order valence-electron chi connectivity index (χ4n) is 2.11.